The molecule has 6 N–H and O–H groups in total. The van der Waals surface area contributed by atoms with Gasteiger partial charge in [0.25, 0.3) is 5.91 Å². The van der Waals surface area contributed by atoms with E-state index >= 15 is 0 Å². The molecule has 1 amide bonds. The summed E-state index contributed by atoms with van der Waals surface area (Å²) in [6, 6.07) is 0. The van der Waals surface area contributed by atoms with Crippen molar-refractivity contribution in [3.05, 3.63) is 33.2 Å². The Morgan fingerprint density at radius 2 is 2.19 bits per heavy atom. The Balaban J connectivity index is 2.30. The number of carbonyl (C=O) groups excluding carboxylic acids is 1. The molecule has 0 saturated carbocycles. The van der Waals surface area contributed by atoms with E-state index in [0.717, 1.165) is 17.1 Å². The van der Waals surface area contributed by atoms with Crippen LogP contribution in [0.25, 0.3) is 11.0 Å². The van der Waals surface area contributed by atoms with Gasteiger partial charge in [-0.15, -0.1) is 0 Å². The number of nitroso groups, excluding NO2 is 1. The van der Waals surface area contributed by atoms with Crippen molar-refractivity contribution in [1.82, 2.24) is 14.5 Å². The van der Waals surface area contributed by atoms with Gasteiger partial charge < -0.3 is 31.0 Å². The fourth-order valence-electron chi connectivity index (χ4n) is 3.01. The molecule has 1 aliphatic heterocycles. The SMILES string of the molecule is C[C@@]1(O)C(O)C(CN=O)OC1n1cc(C(N)=O)c(=O)c2c(N)ncnc21. The van der Waals surface area contributed by atoms with E-state index in [1.165, 1.54) is 6.92 Å². The van der Waals surface area contributed by atoms with Crippen LogP contribution in [0.15, 0.2) is 22.5 Å². The first kappa shape index (κ1) is 17.8. The van der Waals surface area contributed by atoms with E-state index in [1.807, 2.05) is 0 Å². The van der Waals surface area contributed by atoms with Crippen LogP contribution in [0.2, 0.25) is 0 Å². The Morgan fingerprint density at radius 1 is 1.50 bits per heavy atom. The minimum absolute atomic E-state index is 0.0373. The summed E-state index contributed by atoms with van der Waals surface area (Å²) < 4.78 is 6.71. The predicted octanol–water partition coefficient (Wildman–Crippen LogP) is -1.75. The number of fused-ring (bicyclic) bond motifs is 1. The van der Waals surface area contributed by atoms with Crippen molar-refractivity contribution in [3.63, 3.8) is 0 Å². The van der Waals surface area contributed by atoms with Crippen molar-refractivity contribution < 1.29 is 19.7 Å². The summed E-state index contributed by atoms with van der Waals surface area (Å²) in [6.07, 6.45) is -1.72. The van der Waals surface area contributed by atoms with E-state index in [-0.39, 0.29) is 16.9 Å². The molecule has 1 saturated heterocycles. The fraction of sp³-hybridized carbons (Fsp3) is 0.429. The van der Waals surface area contributed by atoms with Crippen molar-refractivity contribution in [2.45, 2.75) is 31.0 Å². The molecule has 0 aliphatic carbocycles. The number of carbonyl (C=O) groups is 1. The number of hydrogen-bond acceptors (Lipinski definition) is 10. The summed E-state index contributed by atoms with van der Waals surface area (Å²) in [4.78, 5) is 42.4. The average Bonchev–Trinajstić information content (AvgIpc) is 2.79. The molecule has 0 radical (unpaired) electrons. The number of rotatable bonds is 4. The molecule has 12 nitrogen and oxygen atoms in total. The number of ether oxygens (including phenoxy) is 1. The van der Waals surface area contributed by atoms with Gasteiger partial charge in [0, 0.05) is 6.20 Å². The molecule has 3 heterocycles. The monoisotopic (exact) mass is 364 g/mol. The maximum absolute atomic E-state index is 12.5. The topological polar surface area (TPSA) is 196 Å². The largest absolute Gasteiger partial charge is 0.387 e. The van der Waals surface area contributed by atoms with Crippen molar-refractivity contribution in [2.24, 2.45) is 10.9 Å². The molecule has 1 fully saturated rings. The van der Waals surface area contributed by atoms with Crippen molar-refractivity contribution in [2.75, 3.05) is 12.3 Å². The fourth-order valence-corrected chi connectivity index (χ4v) is 3.01. The van der Waals surface area contributed by atoms with Crippen molar-refractivity contribution in [3.8, 4) is 0 Å². The van der Waals surface area contributed by atoms with Gasteiger partial charge in [-0.1, -0.05) is 5.18 Å². The van der Waals surface area contributed by atoms with E-state index in [2.05, 4.69) is 15.1 Å². The van der Waals surface area contributed by atoms with Crippen LogP contribution >= 0.6 is 0 Å². The van der Waals surface area contributed by atoms with Gasteiger partial charge in [-0.3, -0.25) is 9.59 Å². The first-order valence-corrected chi connectivity index (χ1v) is 7.50. The summed E-state index contributed by atoms with van der Waals surface area (Å²) in [7, 11) is 0. The number of nitrogens with two attached hydrogens (primary N) is 2. The highest BCUT2D eigenvalue weighted by Crippen LogP contribution is 2.39. The predicted molar refractivity (Wildman–Crippen MR) is 87.9 cm³/mol. The summed E-state index contributed by atoms with van der Waals surface area (Å²) in [5, 5.41) is 23.4. The van der Waals surface area contributed by atoms with E-state index in [9.17, 15) is 24.7 Å². The number of anilines is 1. The summed E-state index contributed by atoms with van der Waals surface area (Å²) in [6.45, 7) is 0.858. The lowest BCUT2D eigenvalue weighted by Gasteiger charge is -2.29. The number of nitrogens with zero attached hydrogens (tertiary/aromatic N) is 4. The van der Waals surface area contributed by atoms with Crippen LogP contribution < -0.4 is 16.9 Å². The van der Waals surface area contributed by atoms with Gasteiger partial charge in [0.1, 0.15) is 47.4 Å². The highest BCUT2D eigenvalue weighted by molar-refractivity contribution is 5.97. The van der Waals surface area contributed by atoms with Crippen LogP contribution in [-0.2, 0) is 4.74 Å². The molecule has 3 unspecified atom stereocenters. The lowest BCUT2D eigenvalue weighted by atomic mass is 9.96. The van der Waals surface area contributed by atoms with Gasteiger partial charge in [-0.25, -0.2) is 9.97 Å². The second-order valence-corrected chi connectivity index (χ2v) is 6.11. The second kappa shape index (κ2) is 6.09. The van der Waals surface area contributed by atoms with Crippen LogP contribution in [0.3, 0.4) is 0 Å². The van der Waals surface area contributed by atoms with Crippen LogP contribution in [0.1, 0.15) is 23.5 Å². The number of primary amides is 1. The molecule has 12 heteroatoms. The zero-order chi connectivity index (χ0) is 19.2. The third-order valence-electron chi connectivity index (χ3n) is 4.37. The number of nitrogen functional groups attached to an aromatic ring is 1. The zero-order valence-corrected chi connectivity index (χ0v) is 13.6. The molecule has 26 heavy (non-hydrogen) atoms. The lowest BCUT2D eigenvalue weighted by molar-refractivity contribution is -0.0938. The van der Waals surface area contributed by atoms with Crippen LogP contribution in [0.5, 0.6) is 0 Å². The van der Waals surface area contributed by atoms with Gasteiger partial charge in [-0.05, 0) is 6.92 Å². The van der Waals surface area contributed by atoms with Gasteiger partial charge >= 0.3 is 0 Å². The first-order valence-electron chi connectivity index (χ1n) is 7.50. The number of amides is 1. The van der Waals surface area contributed by atoms with Gasteiger partial charge in [0.05, 0.1) is 0 Å². The highest BCUT2D eigenvalue weighted by atomic mass is 16.6. The summed E-state index contributed by atoms with van der Waals surface area (Å²) in [5.41, 5.74) is 7.86. The quantitative estimate of drug-likeness (QED) is 0.454. The van der Waals surface area contributed by atoms with E-state index in [1.54, 1.807) is 0 Å². The number of aliphatic hydroxyl groups excluding tert-OH is 1. The Bertz CT molecular complexity index is 957. The van der Waals surface area contributed by atoms with Gasteiger partial charge in [0.2, 0.25) is 5.43 Å². The maximum atomic E-state index is 12.5. The van der Waals surface area contributed by atoms with E-state index < -0.39 is 47.5 Å². The van der Waals surface area contributed by atoms with Crippen LogP contribution in [-0.4, -0.2) is 55.0 Å². The third kappa shape index (κ3) is 2.51. The van der Waals surface area contributed by atoms with E-state index in [0.29, 0.717) is 0 Å². The molecular formula is C14H16N6O6. The normalized spacial score (nSPS) is 28.3. The van der Waals surface area contributed by atoms with Gasteiger partial charge in [0.15, 0.2) is 11.9 Å². The minimum atomic E-state index is -1.90. The Morgan fingerprint density at radius 3 is 2.81 bits per heavy atom. The van der Waals surface area contributed by atoms with Gasteiger partial charge in [-0.2, -0.15) is 4.91 Å². The second-order valence-electron chi connectivity index (χ2n) is 6.11. The Hall–Kier alpha value is -2.96. The number of aliphatic hydroxyl groups is 2. The summed E-state index contributed by atoms with van der Waals surface area (Å²) >= 11 is 0. The smallest absolute Gasteiger partial charge is 0.254 e. The van der Waals surface area contributed by atoms with Crippen molar-refractivity contribution >= 4 is 22.8 Å². The average molecular weight is 364 g/mol. The highest BCUT2D eigenvalue weighted by Gasteiger charge is 2.53. The Kier molecular flexibility index (Phi) is 4.18. The molecule has 4 atom stereocenters. The molecule has 2 aromatic heterocycles. The molecule has 2 aromatic rings. The number of hydrogen-bond donors (Lipinski definition) is 4. The first-order chi connectivity index (χ1) is 12.2. The zero-order valence-electron chi connectivity index (χ0n) is 13.6. The molecular weight excluding hydrogens is 348 g/mol. The maximum Gasteiger partial charge on any atom is 0.254 e. The molecule has 0 aromatic carbocycles. The molecule has 138 valence electrons. The third-order valence-corrected chi connectivity index (χ3v) is 4.37. The van der Waals surface area contributed by atoms with Crippen molar-refractivity contribution in [1.29, 1.82) is 0 Å². The van der Waals surface area contributed by atoms with Crippen LogP contribution in [0, 0.1) is 4.91 Å². The molecule has 3 rings (SSSR count). The Labute approximate surface area is 145 Å². The molecule has 1 aliphatic rings. The number of pyridine rings is 1. The number of aromatic nitrogens is 3. The lowest BCUT2D eigenvalue weighted by Crippen LogP contribution is -2.44. The minimum Gasteiger partial charge on any atom is -0.387 e. The standard InChI is InChI=1S/C14H16N6O6/c1-14(24)9(22)6(2-19-25)26-13(14)20-3-5(11(16)23)8(21)7-10(15)17-4-18-12(7)20/h3-4,6,9,13,22,24H,2H2,1H3,(H2,16,23)(H2,15,17,18)/t6?,9?,13?,14-/m1/s1. The van der Waals surface area contributed by atoms with Crippen LogP contribution in [0.4, 0.5) is 5.82 Å². The van der Waals surface area contributed by atoms with E-state index in [4.69, 9.17) is 16.2 Å². The molecule has 0 spiro atoms. The molecule has 0 bridgehead atoms. The summed E-state index contributed by atoms with van der Waals surface area (Å²) in [5.74, 6) is -1.22.